The van der Waals surface area contributed by atoms with Crippen molar-refractivity contribution in [3.05, 3.63) is 35.5 Å². The van der Waals surface area contributed by atoms with Crippen LogP contribution >= 0.6 is 0 Å². The second-order valence-corrected chi connectivity index (χ2v) is 6.16. The summed E-state index contributed by atoms with van der Waals surface area (Å²) in [5.41, 5.74) is 3.68. The average molecular weight is 314 g/mol. The third-order valence-corrected chi connectivity index (χ3v) is 4.00. The van der Waals surface area contributed by atoms with Gasteiger partial charge < -0.3 is 4.74 Å². The molecule has 0 bridgehead atoms. The summed E-state index contributed by atoms with van der Waals surface area (Å²) in [6.45, 7) is 11.5. The van der Waals surface area contributed by atoms with Crippen molar-refractivity contribution >= 4 is 10.9 Å². The molecule has 23 heavy (non-hydrogen) atoms. The number of hydrogen-bond acceptors (Lipinski definition) is 3. The fourth-order valence-electron chi connectivity index (χ4n) is 2.89. The molecule has 1 aliphatic rings. The Labute approximate surface area is 140 Å². The van der Waals surface area contributed by atoms with Gasteiger partial charge in [-0.2, -0.15) is 0 Å². The molecular formula is C20H30N2O. The molecule has 0 aliphatic carbocycles. The molecule has 0 radical (unpaired) electrons. The standard InChI is InChI=1S/C17H22N2O.C3H8/c1-3-5-9-19-11-14-10-13(4-2)15-7-6-8-18-16(15)17(14)20-12-19;1-3-2/h6-8,10H,3-5,9,11-12H2,1-2H3;3H2,1-2H3. The first kappa shape index (κ1) is 17.7. The highest BCUT2D eigenvalue weighted by Crippen LogP contribution is 2.34. The van der Waals surface area contributed by atoms with Gasteiger partial charge in [-0.15, -0.1) is 0 Å². The zero-order valence-corrected chi connectivity index (χ0v) is 15.1. The number of unbranched alkanes of at least 4 members (excludes halogenated alkanes) is 1. The third kappa shape index (κ3) is 4.23. The number of hydrogen-bond donors (Lipinski definition) is 0. The Morgan fingerprint density at radius 3 is 2.70 bits per heavy atom. The Morgan fingerprint density at radius 2 is 2.00 bits per heavy atom. The quantitative estimate of drug-likeness (QED) is 0.779. The Bertz CT molecular complexity index is 624. The molecule has 3 rings (SSSR count). The van der Waals surface area contributed by atoms with Crippen LogP contribution < -0.4 is 4.74 Å². The van der Waals surface area contributed by atoms with Crippen LogP contribution in [0.25, 0.3) is 10.9 Å². The lowest BCUT2D eigenvalue weighted by Crippen LogP contribution is -2.33. The molecular weight excluding hydrogens is 284 g/mol. The first-order chi connectivity index (χ1) is 11.2. The molecule has 126 valence electrons. The van der Waals surface area contributed by atoms with Crippen LogP contribution in [0.15, 0.2) is 24.4 Å². The Balaban J connectivity index is 0.000000595. The lowest BCUT2D eigenvalue weighted by atomic mass is 10.00. The van der Waals surface area contributed by atoms with Gasteiger partial charge in [0, 0.05) is 30.2 Å². The summed E-state index contributed by atoms with van der Waals surface area (Å²) in [5.74, 6) is 0.991. The highest BCUT2D eigenvalue weighted by Gasteiger charge is 2.21. The zero-order valence-electron chi connectivity index (χ0n) is 15.1. The molecule has 0 atom stereocenters. The number of aromatic nitrogens is 1. The summed E-state index contributed by atoms with van der Waals surface area (Å²) in [6.07, 6.45) is 6.59. The van der Waals surface area contributed by atoms with Crippen molar-refractivity contribution in [3.63, 3.8) is 0 Å². The SMILES string of the molecule is CCC.CCCCN1COc2c(cc(CC)c3cccnc23)C1. The number of rotatable bonds is 4. The molecule has 0 N–H and O–H groups in total. The summed E-state index contributed by atoms with van der Waals surface area (Å²) < 4.78 is 6.01. The third-order valence-electron chi connectivity index (χ3n) is 4.00. The molecule has 0 fully saturated rings. The van der Waals surface area contributed by atoms with Crippen LogP contribution in [-0.2, 0) is 13.0 Å². The van der Waals surface area contributed by atoms with Crippen LogP contribution in [0.3, 0.4) is 0 Å². The zero-order chi connectivity index (χ0) is 16.7. The maximum Gasteiger partial charge on any atom is 0.152 e. The molecule has 2 heterocycles. The number of benzene rings is 1. The molecule has 0 amide bonds. The van der Waals surface area contributed by atoms with Gasteiger partial charge in [0.25, 0.3) is 0 Å². The van der Waals surface area contributed by atoms with E-state index in [0.717, 1.165) is 30.8 Å². The number of aryl methyl sites for hydroxylation is 1. The number of nitrogens with zero attached hydrogens (tertiary/aromatic N) is 2. The van der Waals surface area contributed by atoms with E-state index in [-0.39, 0.29) is 0 Å². The number of pyridine rings is 1. The van der Waals surface area contributed by atoms with Crippen LogP contribution in [0, 0.1) is 0 Å². The minimum atomic E-state index is 0.685. The predicted molar refractivity (Wildman–Crippen MR) is 97.9 cm³/mol. The highest BCUT2D eigenvalue weighted by molar-refractivity contribution is 5.89. The minimum absolute atomic E-state index is 0.685. The second kappa shape index (κ2) is 8.88. The molecule has 3 nitrogen and oxygen atoms in total. The van der Waals surface area contributed by atoms with Crippen molar-refractivity contribution in [1.82, 2.24) is 9.88 Å². The average Bonchev–Trinajstić information content (AvgIpc) is 2.59. The van der Waals surface area contributed by atoms with Crippen LogP contribution in [0.2, 0.25) is 0 Å². The van der Waals surface area contributed by atoms with Gasteiger partial charge in [0.15, 0.2) is 5.75 Å². The molecule has 0 unspecified atom stereocenters. The van der Waals surface area contributed by atoms with E-state index < -0.39 is 0 Å². The normalized spacial score (nSPS) is 13.9. The summed E-state index contributed by atoms with van der Waals surface area (Å²) in [6, 6.07) is 6.45. The molecule has 1 aromatic heterocycles. The Hall–Kier alpha value is -1.61. The largest absolute Gasteiger partial charge is 0.475 e. The van der Waals surface area contributed by atoms with Gasteiger partial charge in [-0.05, 0) is 24.5 Å². The molecule has 0 spiro atoms. The second-order valence-electron chi connectivity index (χ2n) is 6.16. The first-order valence-corrected chi connectivity index (χ1v) is 8.99. The monoisotopic (exact) mass is 314 g/mol. The van der Waals surface area contributed by atoms with E-state index in [9.17, 15) is 0 Å². The van der Waals surface area contributed by atoms with Crippen molar-refractivity contribution in [1.29, 1.82) is 0 Å². The summed E-state index contributed by atoms with van der Waals surface area (Å²) in [7, 11) is 0. The molecule has 1 aliphatic heterocycles. The number of ether oxygens (including phenoxy) is 1. The van der Waals surface area contributed by atoms with Gasteiger partial charge in [-0.25, -0.2) is 0 Å². The van der Waals surface area contributed by atoms with Crippen molar-refractivity contribution in [3.8, 4) is 5.75 Å². The minimum Gasteiger partial charge on any atom is -0.475 e. The Morgan fingerprint density at radius 1 is 1.22 bits per heavy atom. The number of fused-ring (bicyclic) bond motifs is 3. The lowest BCUT2D eigenvalue weighted by Gasteiger charge is -2.30. The summed E-state index contributed by atoms with van der Waals surface area (Å²) >= 11 is 0. The van der Waals surface area contributed by atoms with Gasteiger partial charge in [0.2, 0.25) is 0 Å². The summed E-state index contributed by atoms with van der Waals surface area (Å²) in [4.78, 5) is 6.92. The molecule has 2 aromatic rings. The van der Waals surface area contributed by atoms with Crippen molar-refractivity contribution in [2.75, 3.05) is 13.3 Å². The first-order valence-electron chi connectivity index (χ1n) is 8.99. The Kier molecular flexibility index (Phi) is 6.85. The predicted octanol–water partition coefficient (Wildman–Crippen LogP) is 5.17. The smallest absolute Gasteiger partial charge is 0.152 e. The van der Waals surface area contributed by atoms with Gasteiger partial charge in [0.05, 0.1) is 0 Å². The van der Waals surface area contributed by atoms with Crippen LogP contribution in [0.1, 0.15) is 58.1 Å². The van der Waals surface area contributed by atoms with E-state index in [2.05, 4.69) is 49.7 Å². The van der Waals surface area contributed by atoms with Crippen molar-refractivity contribution in [2.45, 2.75) is 59.9 Å². The van der Waals surface area contributed by atoms with E-state index in [1.807, 2.05) is 12.3 Å². The fourth-order valence-corrected chi connectivity index (χ4v) is 2.89. The van der Waals surface area contributed by atoms with Crippen LogP contribution in [-0.4, -0.2) is 23.2 Å². The topological polar surface area (TPSA) is 25.4 Å². The fraction of sp³-hybridized carbons (Fsp3) is 0.550. The van der Waals surface area contributed by atoms with Gasteiger partial charge in [-0.3, -0.25) is 9.88 Å². The van der Waals surface area contributed by atoms with E-state index in [1.54, 1.807) is 0 Å². The van der Waals surface area contributed by atoms with E-state index in [4.69, 9.17) is 4.74 Å². The van der Waals surface area contributed by atoms with Crippen LogP contribution in [0.5, 0.6) is 5.75 Å². The van der Waals surface area contributed by atoms with Crippen molar-refractivity contribution < 1.29 is 4.74 Å². The summed E-state index contributed by atoms with van der Waals surface area (Å²) in [5, 5.41) is 1.23. The highest BCUT2D eigenvalue weighted by atomic mass is 16.5. The molecule has 1 aromatic carbocycles. The van der Waals surface area contributed by atoms with E-state index >= 15 is 0 Å². The van der Waals surface area contributed by atoms with E-state index in [1.165, 1.54) is 35.8 Å². The lowest BCUT2D eigenvalue weighted by molar-refractivity contribution is 0.0955. The van der Waals surface area contributed by atoms with Crippen LogP contribution in [0.4, 0.5) is 0 Å². The van der Waals surface area contributed by atoms with Gasteiger partial charge in [-0.1, -0.05) is 52.7 Å². The van der Waals surface area contributed by atoms with Gasteiger partial charge >= 0.3 is 0 Å². The maximum atomic E-state index is 6.01. The molecule has 0 saturated heterocycles. The van der Waals surface area contributed by atoms with Gasteiger partial charge in [0.1, 0.15) is 12.2 Å². The molecule has 3 heteroatoms. The van der Waals surface area contributed by atoms with Crippen molar-refractivity contribution in [2.24, 2.45) is 0 Å². The molecule has 0 saturated carbocycles. The maximum absolute atomic E-state index is 6.01. The van der Waals surface area contributed by atoms with E-state index in [0.29, 0.717) is 6.73 Å².